The number of piperazine rings is 1. The molecule has 1 fully saturated rings. The molecule has 6 heteroatoms. The molecule has 1 amide bonds. The number of amides is 1. The number of aromatic nitrogens is 2. The third-order valence-electron chi connectivity index (χ3n) is 5.19. The van der Waals surface area contributed by atoms with Crippen molar-refractivity contribution in [2.45, 2.75) is 13.3 Å². The first kappa shape index (κ1) is 18.4. The van der Waals surface area contributed by atoms with Gasteiger partial charge in [0.2, 0.25) is 0 Å². The van der Waals surface area contributed by atoms with Gasteiger partial charge in [-0.15, -0.1) is 0 Å². The molecule has 1 aliphatic rings. The van der Waals surface area contributed by atoms with E-state index in [9.17, 15) is 4.79 Å². The van der Waals surface area contributed by atoms with Crippen LogP contribution in [0.2, 0.25) is 0 Å². The predicted octanol–water partition coefficient (Wildman–Crippen LogP) is 3.05. The van der Waals surface area contributed by atoms with E-state index in [1.807, 2.05) is 48.5 Å². The van der Waals surface area contributed by atoms with Crippen molar-refractivity contribution in [3.63, 3.8) is 0 Å². The van der Waals surface area contributed by atoms with Gasteiger partial charge in [-0.05, 0) is 31.0 Å². The van der Waals surface area contributed by atoms with E-state index in [1.165, 1.54) is 11.1 Å². The van der Waals surface area contributed by atoms with E-state index in [0.717, 1.165) is 31.6 Å². The average Bonchev–Trinajstić information content (AvgIpc) is 3.24. The van der Waals surface area contributed by atoms with Crippen molar-refractivity contribution >= 4 is 5.91 Å². The van der Waals surface area contributed by atoms with Crippen LogP contribution in [-0.2, 0) is 6.42 Å². The van der Waals surface area contributed by atoms with Crippen molar-refractivity contribution in [3.05, 3.63) is 71.7 Å². The predicted molar refractivity (Wildman–Crippen MR) is 107 cm³/mol. The van der Waals surface area contributed by atoms with Crippen molar-refractivity contribution in [1.82, 2.24) is 19.9 Å². The maximum atomic E-state index is 12.8. The highest BCUT2D eigenvalue weighted by Crippen LogP contribution is 2.21. The van der Waals surface area contributed by atoms with Crippen molar-refractivity contribution in [2.75, 3.05) is 32.7 Å². The lowest BCUT2D eigenvalue weighted by Gasteiger charge is -2.34. The van der Waals surface area contributed by atoms with E-state index < -0.39 is 0 Å². The van der Waals surface area contributed by atoms with Crippen LogP contribution in [0.15, 0.2) is 59.4 Å². The Bertz CT molecular complexity index is 913. The van der Waals surface area contributed by atoms with Gasteiger partial charge >= 0.3 is 0 Å². The molecular weight excluding hydrogens is 352 g/mol. The van der Waals surface area contributed by atoms with Crippen LogP contribution in [0.25, 0.3) is 11.3 Å². The summed E-state index contributed by atoms with van der Waals surface area (Å²) in [5.41, 5.74) is 3.78. The maximum Gasteiger partial charge on any atom is 0.276 e. The topological polar surface area (TPSA) is 62.5 Å². The Hall–Kier alpha value is -2.99. The largest absolute Gasteiger partial charge is 0.355 e. The second kappa shape index (κ2) is 8.35. The highest BCUT2D eigenvalue weighted by molar-refractivity contribution is 5.93. The summed E-state index contributed by atoms with van der Waals surface area (Å²) in [4.78, 5) is 21.1. The number of carbonyl (C=O) groups is 1. The van der Waals surface area contributed by atoms with Crippen LogP contribution < -0.4 is 0 Å². The van der Waals surface area contributed by atoms with Gasteiger partial charge in [-0.3, -0.25) is 14.7 Å². The third kappa shape index (κ3) is 4.28. The fourth-order valence-corrected chi connectivity index (χ4v) is 3.40. The van der Waals surface area contributed by atoms with E-state index in [2.05, 4.69) is 27.2 Å². The summed E-state index contributed by atoms with van der Waals surface area (Å²) in [5.74, 6) is 0.565. The third-order valence-corrected chi connectivity index (χ3v) is 5.19. The van der Waals surface area contributed by atoms with Crippen LogP contribution in [0.5, 0.6) is 0 Å². The van der Waals surface area contributed by atoms with E-state index in [4.69, 9.17) is 4.52 Å². The number of benzene rings is 1. The molecule has 1 saturated heterocycles. The molecule has 0 radical (unpaired) electrons. The van der Waals surface area contributed by atoms with Crippen molar-refractivity contribution < 1.29 is 9.32 Å². The minimum Gasteiger partial charge on any atom is -0.355 e. The number of hydrogen-bond acceptors (Lipinski definition) is 5. The highest BCUT2D eigenvalue weighted by atomic mass is 16.5. The van der Waals surface area contributed by atoms with Gasteiger partial charge in [-0.2, -0.15) is 0 Å². The lowest BCUT2D eigenvalue weighted by molar-refractivity contribution is 0.0628. The summed E-state index contributed by atoms with van der Waals surface area (Å²) in [5, 5.41) is 4.00. The molecule has 1 aromatic carbocycles. The van der Waals surface area contributed by atoms with Gasteiger partial charge in [-0.1, -0.05) is 35.0 Å². The molecule has 0 spiro atoms. The average molecular weight is 376 g/mol. The first-order chi connectivity index (χ1) is 13.7. The van der Waals surface area contributed by atoms with E-state index in [-0.39, 0.29) is 5.91 Å². The number of aryl methyl sites for hydroxylation is 1. The molecule has 0 unspecified atom stereocenters. The van der Waals surface area contributed by atoms with Crippen molar-refractivity contribution in [1.29, 1.82) is 0 Å². The fraction of sp³-hybridized carbons (Fsp3) is 0.318. The number of rotatable bonds is 5. The number of carbonyl (C=O) groups excluding carboxylic acids is 1. The van der Waals surface area contributed by atoms with Gasteiger partial charge in [0.15, 0.2) is 11.5 Å². The summed E-state index contributed by atoms with van der Waals surface area (Å²) in [6.07, 6.45) is 4.66. The Morgan fingerprint density at radius 3 is 2.46 bits per heavy atom. The lowest BCUT2D eigenvalue weighted by Crippen LogP contribution is -2.49. The zero-order chi connectivity index (χ0) is 19.3. The van der Waals surface area contributed by atoms with Gasteiger partial charge in [0.1, 0.15) is 0 Å². The van der Waals surface area contributed by atoms with Crippen LogP contribution in [0.3, 0.4) is 0 Å². The van der Waals surface area contributed by atoms with Crippen LogP contribution in [0, 0.1) is 6.92 Å². The molecule has 3 aromatic rings. The van der Waals surface area contributed by atoms with Gasteiger partial charge in [0.05, 0.1) is 0 Å². The molecule has 0 N–H and O–H groups in total. The highest BCUT2D eigenvalue weighted by Gasteiger charge is 2.24. The summed E-state index contributed by atoms with van der Waals surface area (Å²) in [6, 6.07) is 13.8. The fourth-order valence-electron chi connectivity index (χ4n) is 3.40. The van der Waals surface area contributed by atoms with Gasteiger partial charge in [0, 0.05) is 56.7 Å². The number of pyridine rings is 1. The zero-order valence-corrected chi connectivity index (χ0v) is 16.0. The van der Waals surface area contributed by atoms with Gasteiger partial charge < -0.3 is 9.42 Å². The smallest absolute Gasteiger partial charge is 0.276 e. The Morgan fingerprint density at radius 2 is 1.75 bits per heavy atom. The Morgan fingerprint density at radius 1 is 1.04 bits per heavy atom. The molecule has 1 aliphatic heterocycles. The quantitative estimate of drug-likeness (QED) is 0.685. The van der Waals surface area contributed by atoms with Gasteiger partial charge in [-0.25, -0.2) is 0 Å². The molecule has 0 bridgehead atoms. The van der Waals surface area contributed by atoms with E-state index in [0.29, 0.717) is 24.5 Å². The monoisotopic (exact) mass is 376 g/mol. The molecule has 2 aromatic heterocycles. The standard InChI is InChI=1S/C22H24N4O2/c1-17-2-4-19(5-3-17)21-16-20(24-28-21)22(27)26-14-12-25(13-15-26)11-8-18-6-9-23-10-7-18/h2-7,9-10,16H,8,11-15H2,1H3. The first-order valence-electron chi connectivity index (χ1n) is 9.63. The summed E-state index contributed by atoms with van der Waals surface area (Å²) < 4.78 is 5.40. The van der Waals surface area contributed by atoms with E-state index >= 15 is 0 Å². The summed E-state index contributed by atoms with van der Waals surface area (Å²) in [6.45, 7) is 6.20. The van der Waals surface area contributed by atoms with Crippen molar-refractivity contribution in [3.8, 4) is 11.3 Å². The maximum absolute atomic E-state index is 12.8. The van der Waals surface area contributed by atoms with Crippen molar-refractivity contribution in [2.24, 2.45) is 0 Å². The zero-order valence-electron chi connectivity index (χ0n) is 16.0. The minimum absolute atomic E-state index is 0.0594. The molecule has 6 nitrogen and oxygen atoms in total. The summed E-state index contributed by atoms with van der Waals surface area (Å²) in [7, 11) is 0. The molecule has 28 heavy (non-hydrogen) atoms. The number of nitrogens with zero attached hydrogens (tertiary/aromatic N) is 4. The molecule has 0 atom stereocenters. The molecule has 4 rings (SSSR count). The Balaban J connectivity index is 1.31. The second-order valence-corrected chi connectivity index (χ2v) is 7.18. The van der Waals surface area contributed by atoms with Crippen LogP contribution in [0.4, 0.5) is 0 Å². The molecule has 0 saturated carbocycles. The SMILES string of the molecule is Cc1ccc(-c2cc(C(=O)N3CCN(CCc4ccncc4)CC3)no2)cc1. The minimum atomic E-state index is -0.0594. The Labute approximate surface area is 164 Å². The molecule has 3 heterocycles. The molecule has 144 valence electrons. The van der Waals surface area contributed by atoms with Crippen LogP contribution in [0.1, 0.15) is 21.6 Å². The normalized spacial score (nSPS) is 15.0. The molecule has 0 aliphatic carbocycles. The molecular formula is C22H24N4O2. The Kier molecular flexibility index (Phi) is 5.48. The van der Waals surface area contributed by atoms with Crippen LogP contribution >= 0.6 is 0 Å². The second-order valence-electron chi connectivity index (χ2n) is 7.18. The lowest BCUT2D eigenvalue weighted by atomic mass is 10.1. The summed E-state index contributed by atoms with van der Waals surface area (Å²) >= 11 is 0. The van der Waals surface area contributed by atoms with E-state index in [1.54, 1.807) is 6.07 Å². The number of hydrogen-bond donors (Lipinski definition) is 0. The van der Waals surface area contributed by atoms with Crippen LogP contribution in [-0.4, -0.2) is 58.6 Å². The van der Waals surface area contributed by atoms with Gasteiger partial charge in [0.25, 0.3) is 5.91 Å². The first-order valence-corrected chi connectivity index (χ1v) is 9.63.